The molecule has 0 bridgehead atoms. The van der Waals surface area contributed by atoms with Crippen LogP contribution in [0, 0.1) is 0 Å². The van der Waals surface area contributed by atoms with Crippen LogP contribution in [0.25, 0.3) is 0 Å². The Bertz CT molecular complexity index is 294. The van der Waals surface area contributed by atoms with Gasteiger partial charge in [-0.05, 0) is 11.1 Å². The maximum Gasteiger partial charge on any atom is 0.150 e. The van der Waals surface area contributed by atoms with Crippen molar-refractivity contribution in [3.8, 4) is 0 Å². The third-order valence-corrected chi connectivity index (χ3v) is 2.95. The van der Waals surface area contributed by atoms with Crippen molar-refractivity contribution < 1.29 is 4.79 Å². The molecule has 56 valence electrons. The first-order chi connectivity index (χ1) is 5.42. The van der Waals surface area contributed by atoms with E-state index in [0.29, 0.717) is 0 Å². The summed E-state index contributed by atoms with van der Waals surface area (Å²) in [7, 11) is 0. The fourth-order valence-corrected chi connectivity index (χ4v) is 2.49. The summed E-state index contributed by atoms with van der Waals surface area (Å²) in [5.41, 5.74) is 3.44. The Morgan fingerprint density at radius 3 is 3.09 bits per heavy atom. The second-order valence-corrected chi connectivity index (χ2v) is 3.58. The Hall–Kier alpha value is -0.760. The number of fused-ring (bicyclic) bond motifs is 1. The minimum Gasteiger partial charge on any atom is -0.298 e. The van der Waals surface area contributed by atoms with Crippen LogP contribution in [0.5, 0.6) is 0 Å². The van der Waals surface area contributed by atoms with E-state index in [-0.39, 0.29) is 0 Å². The zero-order chi connectivity index (χ0) is 7.68. The van der Waals surface area contributed by atoms with Crippen molar-refractivity contribution in [3.63, 3.8) is 0 Å². The monoisotopic (exact) mass is 164 g/mol. The van der Waals surface area contributed by atoms with E-state index in [1.54, 1.807) is 0 Å². The van der Waals surface area contributed by atoms with Crippen LogP contribution in [0.15, 0.2) is 18.2 Å². The van der Waals surface area contributed by atoms with Crippen molar-refractivity contribution in [1.82, 2.24) is 0 Å². The van der Waals surface area contributed by atoms with E-state index in [2.05, 4.69) is 6.07 Å². The number of hydrogen-bond acceptors (Lipinski definition) is 2. The van der Waals surface area contributed by atoms with Crippen LogP contribution < -0.4 is 0 Å². The van der Waals surface area contributed by atoms with E-state index in [4.69, 9.17) is 0 Å². The van der Waals surface area contributed by atoms with Crippen LogP contribution in [-0.4, -0.2) is 6.29 Å². The highest BCUT2D eigenvalue weighted by molar-refractivity contribution is 7.98. The van der Waals surface area contributed by atoms with E-state index < -0.39 is 0 Å². The third-order valence-electron chi connectivity index (χ3n) is 1.94. The topological polar surface area (TPSA) is 17.1 Å². The van der Waals surface area contributed by atoms with Gasteiger partial charge in [-0.2, -0.15) is 11.8 Å². The Morgan fingerprint density at radius 2 is 2.27 bits per heavy atom. The summed E-state index contributed by atoms with van der Waals surface area (Å²) in [5.74, 6) is 2.07. The highest BCUT2D eigenvalue weighted by Gasteiger charge is 2.13. The minimum absolute atomic E-state index is 0.868. The molecule has 1 aliphatic heterocycles. The zero-order valence-corrected chi connectivity index (χ0v) is 6.86. The molecule has 0 unspecified atom stereocenters. The van der Waals surface area contributed by atoms with Crippen LogP contribution in [-0.2, 0) is 11.5 Å². The van der Waals surface area contributed by atoms with E-state index in [0.717, 1.165) is 23.4 Å². The molecule has 1 aromatic carbocycles. The number of carbonyl (C=O) groups excluding carboxylic acids is 1. The Balaban J connectivity index is 2.58. The van der Waals surface area contributed by atoms with Gasteiger partial charge in [-0.1, -0.05) is 18.2 Å². The predicted molar refractivity (Wildman–Crippen MR) is 46.8 cm³/mol. The van der Waals surface area contributed by atoms with Crippen LogP contribution in [0.3, 0.4) is 0 Å². The number of thioether (sulfide) groups is 1. The van der Waals surface area contributed by atoms with Gasteiger partial charge in [0.25, 0.3) is 0 Å². The van der Waals surface area contributed by atoms with Gasteiger partial charge in [0, 0.05) is 17.1 Å². The molecule has 2 heteroatoms. The molecule has 0 aliphatic carbocycles. The van der Waals surface area contributed by atoms with Gasteiger partial charge in [0.1, 0.15) is 6.29 Å². The molecule has 0 fully saturated rings. The largest absolute Gasteiger partial charge is 0.298 e. The zero-order valence-electron chi connectivity index (χ0n) is 6.04. The molecule has 1 nitrogen and oxygen atoms in total. The van der Waals surface area contributed by atoms with E-state index in [9.17, 15) is 4.79 Å². The van der Waals surface area contributed by atoms with E-state index >= 15 is 0 Å². The second-order valence-electron chi connectivity index (χ2n) is 2.60. The molecule has 0 aromatic heterocycles. The molecule has 11 heavy (non-hydrogen) atoms. The van der Waals surface area contributed by atoms with Crippen molar-refractivity contribution in [2.75, 3.05) is 0 Å². The van der Waals surface area contributed by atoms with Crippen molar-refractivity contribution in [1.29, 1.82) is 0 Å². The van der Waals surface area contributed by atoms with Gasteiger partial charge >= 0.3 is 0 Å². The lowest BCUT2D eigenvalue weighted by Crippen LogP contribution is -1.89. The SMILES string of the molecule is O=Cc1cccc2c1CSC2. The first kappa shape index (κ1) is 6.92. The fraction of sp³-hybridized carbons (Fsp3) is 0.222. The molecular weight excluding hydrogens is 156 g/mol. The molecule has 0 saturated heterocycles. The quantitative estimate of drug-likeness (QED) is 0.592. The maximum absolute atomic E-state index is 10.6. The lowest BCUT2D eigenvalue weighted by Gasteiger charge is -1.98. The maximum atomic E-state index is 10.6. The summed E-state index contributed by atoms with van der Waals surface area (Å²) in [6.07, 6.45) is 0.949. The molecule has 1 aromatic rings. The minimum atomic E-state index is 0.868. The Morgan fingerprint density at radius 1 is 1.36 bits per heavy atom. The first-order valence-electron chi connectivity index (χ1n) is 3.55. The summed E-state index contributed by atoms with van der Waals surface area (Å²) in [5, 5.41) is 0. The van der Waals surface area contributed by atoms with Gasteiger partial charge in [0.15, 0.2) is 0 Å². The molecular formula is C9H8OS. The molecule has 0 saturated carbocycles. The van der Waals surface area contributed by atoms with Crippen LogP contribution in [0.2, 0.25) is 0 Å². The van der Waals surface area contributed by atoms with E-state index in [1.165, 1.54) is 11.1 Å². The van der Waals surface area contributed by atoms with Gasteiger partial charge in [-0.3, -0.25) is 4.79 Å². The first-order valence-corrected chi connectivity index (χ1v) is 4.71. The van der Waals surface area contributed by atoms with Gasteiger partial charge in [0.2, 0.25) is 0 Å². The summed E-state index contributed by atoms with van der Waals surface area (Å²) >= 11 is 1.87. The van der Waals surface area contributed by atoms with Crippen molar-refractivity contribution in [2.24, 2.45) is 0 Å². The van der Waals surface area contributed by atoms with Gasteiger partial charge < -0.3 is 0 Å². The number of carbonyl (C=O) groups is 1. The van der Waals surface area contributed by atoms with Gasteiger partial charge in [0.05, 0.1) is 0 Å². The molecule has 2 rings (SSSR count). The van der Waals surface area contributed by atoms with Crippen LogP contribution >= 0.6 is 11.8 Å². The Labute approximate surface area is 69.8 Å². The van der Waals surface area contributed by atoms with Crippen molar-refractivity contribution >= 4 is 18.0 Å². The van der Waals surface area contributed by atoms with Crippen molar-refractivity contribution in [2.45, 2.75) is 11.5 Å². The molecule has 0 spiro atoms. The summed E-state index contributed by atoms with van der Waals surface area (Å²) in [6.45, 7) is 0. The Kier molecular flexibility index (Phi) is 1.70. The number of aldehydes is 1. The molecule has 1 aliphatic rings. The lowest BCUT2D eigenvalue weighted by molar-refractivity contribution is 0.112. The molecule has 0 radical (unpaired) electrons. The molecule has 1 heterocycles. The summed E-state index contributed by atoms with van der Waals surface area (Å²) < 4.78 is 0. The highest BCUT2D eigenvalue weighted by Crippen LogP contribution is 2.31. The van der Waals surface area contributed by atoms with Crippen LogP contribution in [0.4, 0.5) is 0 Å². The predicted octanol–water partition coefficient (Wildman–Crippen LogP) is 2.25. The summed E-state index contributed by atoms with van der Waals surface area (Å²) in [4.78, 5) is 10.6. The summed E-state index contributed by atoms with van der Waals surface area (Å²) in [6, 6.07) is 5.94. The number of hydrogen-bond donors (Lipinski definition) is 0. The normalized spacial score (nSPS) is 14.5. The fourth-order valence-electron chi connectivity index (χ4n) is 1.34. The standard InChI is InChI=1S/C9H8OS/c10-4-7-2-1-3-8-5-11-6-9(7)8/h1-4H,5-6H2. The molecule has 0 amide bonds. The smallest absolute Gasteiger partial charge is 0.150 e. The van der Waals surface area contributed by atoms with Gasteiger partial charge in [-0.25, -0.2) is 0 Å². The molecule has 0 atom stereocenters. The average Bonchev–Trinajstić information content (AvgIpc) is 2.50. The third kappa shape index (κ3) is 1.07. The van der Waals surface area contributed by atoms with Crippen molar-refractivity contribution in [3.05, 3.63) is 34.9 Å². The molecule has 0 N–H and O–H groups in total. The number of benzene rings is 1. The number of rotatable bonds is 1. The highest BCUT2D eigenvalue weighted by atomic mass is 32.2. The lowest BCUT2D eigenvalue weighted by atomic mass is 10.1. The van der Waals surface area contributed by atoms with E-state index in [1.807, 2.05) is 23.9 Å². The second kappa shape index (κ2) is 2.70. The van der Waals surface area contributed by atoms with Crippen LogP contribution in [0.1, 0.15) is 21.5 Å². The van der Waals surface area contributed by atoms with Gasteiger partial charge in [-0.15, -0.1) is 0 Å². The average molecular weight is 164 g/mol.